The highest BCUT2D eigenvalue weighted by atomic mass is 79.9. The number of halogens is 1. The zero-order valence-electron chi connectivity index (χ0n) is 20.1. The van der Waals surface area contributed by atoms with Crippen LogP contribution in [0.1, 0.15) is 43.5 Å². The van der Waals surface area contributed by atoms with Crippen LogP contribution in [0.15, 0.2) is 52.1 Å². The highest BCUT2D eigenvalue weighted by Crippen LogP contribution is 2.27. The van der Waals surface area contributed by atoms with Crippen molar-refractivity contribution >= 4 is 15.9 Å². The van der Waals surface area contributed by atoms with Gasteiger partial charge in [-0.25, -0.2) is 9.97 Å². The first kappa shape index (κ1) is 23.8. The molecule has 0 aliphatic carbocycles. The fourth-order valence-corrected chi connectivity index (χ4v) is 3.96. The van der Waals surface area contributed by atoms with Crippen LogP contribution in [0.3, 0.4) is 0 Å². The molecular weight excluding hydrogens is 496 g/mol. The number of hydrogen-bond acceptors (Lipinski definition) is 6. The van der Waals surface area contributed by atoms with E-state index < -0.39 is 0 Å². The number of hydrogen-bond donors (Lipinski definition) is 0. The number of pyridine rings is 2. The highest BCUT2D eigenvalue weighted by molar-refractivity contribution is 9.10. The summed E-state index contributed by atoms with van der Waals surface area (Å²) < 4.78 is 9.56. The second kappa shape index (κ2) is 9.13. The summed E-state index contributed by atoms with van der Waals surface area (Å²) in [4.78, 5) is 27.1. The van der Waals surface area contributed by atoms with E-state index in [1.807, 2.05) is 51.5 Å². The van der Waals surface area contributed by atoms with Gasteiger partial charge in [-0.05, 0) is 53.5 Å². The fraction of sp³-hybridized carbons (Fsp3) is 0.320. The minimum Gasteiger partial charge on any atom is -0.486 e. The SMILES string of the molecule is Cc1cnc(C(C)(C)C)nc1-c1cc(-n2c(C)cc(OCc3ccn(C)n3)c(Br)c2=O)ccn1. The van der Waals surface area contributed by atoms with Crippen LogP contribution in [0.2, 0.25) is 0 Å². The first-order valence-corrected chi connectivity index (χ1v) is 11.7. The summed E-state index contributed by atoms with van der Waals surface area (Å²) in [6.45, 7) is 10.3. The Balaban J connectivity index is 1.72. The van der Waals surface area contributed by atoms with Gasteiger partial charge < -0.3 is 4.74 Å². The lowest BCUT2D eigenvalue weighted by Crippen LogP contribution is -2.22. The summed E-state index contributed by atoms with van der Waals surface area (Å²) in [5.74, 6) is 1.21. The van der Waals surface area contributed by atoms with Crippen molar-refractivity contribution in [3.63, 3.8) is 0 Å². The van der Waals surface area contributed by atoms with Crippen LogP contribution in [0.5, 0.6) is 5.75 Å². The van der Waals surface area contributed by atoms with Gasteiger partial charge >= 0.3 is 0 Å². The van der Waals surface area contributed by atoms with Crippen LogP contribution in [-0.4, -0.2) is 29.3 Å². The molecule has 0 atom stereocenters. The third-order valence-corrected chi connectivity index (χ3v) is 6.06. The van der Waals surface area contributed by atoms with Crippen molar-refractivity contribution in [2.75, 3.05) is 0 Å². The summed E-state index contributed by atoms with van der Waals surface area (Å²) in [5.41, 5.74) is 4.15. The summed E-state index contributed by atoms with van der Waals surface area (Å²) >= 11 is 3.43. The molecule has 0 fully saturated rings. The number of nitrogens with zero attached hydrogens (tertiary/aromatic N) is 6. The third kappa shape index (κ3) is 4.79. The maximum atomic E-state index is 13.3. The summed E-state index contributed by atoms with van der Waals surface area (Å²) in [5, 5.41) is 4.31. The van der Waals surface area contributed by atoms with Gasteiger partial charge in [0.15, 0.2) is 0 Å². The first-order chi connectivity index (χ1) is 16.0. The molecule has 0 bridgehead atoms. The fourth-order valence-electron chi connectivity index (χ4n) is 3.55. The van der Waals surface area contributed by atoms with Gasteiger partial charge in [-0.2, -0.15) is 5.10 Å². The average molecular weight is 523 g/mol. The Morgan fingerprint density at radius 3 is 2.56 bits per heavy atom. The maximum absolute atomic E-state index is 13.3. The molecule has 4 rings (SSSR count). The lowest BCUT2D eigenvalue weighted by Gasteiger charge is -2.18. The monoisotopic (exact) mass is 522 g/mol. The van der Waals surface area contributed by atoms with Gasteiger partial charge in [-0.3, -0.25) is 19.0 Å². The Bertz CT molecular complexity index is 1420. The van der Waals surface area contributed by atoms with Crippen LogP contribution < -0.4 is 10.3 Å². The van der Waals surface area contributed by atoms with E-state index in [2.05, 4.69) is 51.8 Å². The maximum Gasteiger partial charge on any atom is 0.273 e. The molecule has 4 aromatic heterocycles. The van der Waals surface area contributed by atoms with E-state index in [1.54, 1.807) is 21.5 Å². The molecule has 0 aromatic carbocycles. The van der Waals surface area contributed by atoms with Crippen molar-refractivity contribution < 1.29 is 4.74 Å². The van der Waals surface area contributed by atoms with E-state index in [4.69, 9.17) is 9.72 Å². The second-order valence-corrected chi connectivity index (χ2v) is 10.0. The molecule has 34 heavy (non-hydrogen) atoms. The number of aryl methyl sites for hydroxylation is 3. The zero-order chi connectivity index (χ0) is 24.6. The summed E-state index contributed by atoms with van der Waals surface area (Å²) in [6.07, 6.45) is 5.36. The van der Waals surface area contributed by atoms with E-state index in [0.29, 0.717) is 21.6 Å². The van der Waals surface area contributed by atoms with Crippen molar-refractivity contribution in [3.8, 4) is 22.8 Å². The third-order valence-electron chi connectivity index (χ3n) is 5.33. The van der Waals surface area contributed by atoms with Crippen molar-refractivity contribution in [2.45, 2.75) is 46.6 Å². The molecule has 0 N–H and O–H groups in total. The smallest absolute Gasteiger partial charge is 0.273 e. The molecule has 8 nitrogen and oxygen atoms in total. The van der Waals surface area contributed by atoms with Gasteiger partial charge in [0.25, 0.3) is 5.56 Å². The summed E-state index contributed by atoms with van der Waals surface area (Å²) in [6, 6.07) is 7.39. The number of rotatable bonds is 5. The normalized spacial score (nSPS) is 11.6. The van der Waals surface area contributed by atoms with Gasteiger partial charge in [-0.1, -0.05) is 20.8 Å². The van der Waals surface area contributed by atoms with Crippen LogP contribution in [0, 0.1) is 13.8 Å². The molecule has 176 valence electrons. The van der Waals surface area contributed by atoms with Gasteiger partial charge in [0.05, 0.1) is 22.8 Å². The van der Waals surface area contributed by atoms with E-state index in [-0.39, 0.29) is 17.6 Å². The van der Waals surface area contributed by atoms with Gasteiger partial charge in [-0.15, -0.1) is 0 Å². The Kier molecular flexibility index (Phi) is 6.40. The Labute approximate surface area is 206 Å². The van der Waals surface area contributed by atoms with E-state index in [9.17, 15) is 4.79 Å². The second-order valence-electron chi connectivity index (χ2n) is 9.25. The van der Waals surface area contributed by atoms with Crippen LogP contribution in [0.25, 0.3) is 17.1 Å². The predicted octanol–water partition coefficient (Wildman–Crippen LogP) is 4.68. The number of aromatic nitrogens is 6. The molecular formula is C25H27BrN6O2. The largest absolute Gasteiger partial charge is 0.486 e. The quantitative estimate of drug-likeness (QED) is 0.378. The van der Waals surface area contributed by atoms with Gasteiger partial charge in [0.1, 0.15) is 22.7 Å². The predicted molar refractivity (Wildman–Crippen MR) is 134 cm³/mol. The molecule has 0 aliphatic rings. The van der Waals surface area contributed by atoms with Crippen molar-refractivity contribution in [2.24, 2.45) is 7.05 Å². The highest BCUT2D eigenvalue weighted by Gasteiger charge is 2.20. The Hall–Kier alpha value is -3.33. The average Bonchev–Trinajstić information content (AvgIpc) is 3.20. The van der Waals surface area contributed by atoms with Crippen molar-refractivity contribution in [1.29, 1.82) is 0 Å². The van der Waals surface area contributed by atoms with Crippen LogP contribution in [0.4, 0.5) is 0 Å². The Morgan fingerprint density at radius 2 is 1.88 bits per heavy atom. The molecule has 9 heteroatoms. The number of ether oxygens (including phenoxy) is 1. The standard InChI is InChI=1S/C25H27BrN6O2/c1-15-13-28-24(25(3,4)5)29-22(15)19-12-18(7-9-27-19)32-16(2)11-20(21(26)23(32)33)34-14-17-8-10-31(6)30-17/h7-13H,14H2,1-6H3. The van der Waals surface area contributed by atoms with E-state index in [0.717, 1.165) is 28.5 Å². The topological polar surface area (TPSA) is 87.7 Å². The molecule has 4 aromatic rings. The van der Waals surface area contributed by atoms with E-state index in [1.165, 1.54) is 0 Å². The van der Waals surface area contributed by atoms with Gasteiger partial charge in [0, 0.05) is 42.8 Å². The lowest BCUT2D eigenvalue weighted by atomic mass is 9.95. The molecule has 0 unspecified atom stereocenters. The molecule has 0 aliphatic heterocycles. The molecule has 0 amide bonds. The Morgan fingerprint density at radius 1 is 1.12 bits per heavy atom. The van der Waals surface area contributed by atoms with Gasteiger partial charge in [0.2, 0.25) is 0 Å². The van der Waals surface area contributed by atoms with Crippen LogP contribution >= 0.6 is 15.9 Å². The lowest BCUT2D eigenvalue weighted by molar-refractivity contribution is 0.296. The van der Waals surface area contributed by atoms with Crippen molar-refractivity contribution in [1.82, 2.24) is 29.3 Å². The first-order valence-electron chi connectivity index (χ1n) is 10.9. The zero-order valence-corrected chi connectivity index (χ0v) is 21.7. The van der Waals surface area contributed by atoms with Crippen molar-refractivity contribution in [3.05, 3.63) is 80.5 Å². The van der Waals surface area contributed by atoms with E-state index >= 15 is 0 Å². The minimum absolute atomic E-state index is 0.191. The molecule has 4 heterocycles. The minimum atomic E-state index is -0.219. The molecule has 0 radical (unpaired) electrons. The molecule has 0 saturated carbocycles. The molecule has 0 spiro atoms. The van der Waals surface area contributed by atoms with Crippen LogP contribution in [-0.2, 0) is 19.1 Å². The molecule has 0 saturated heterocycles. The summed E-state index contributed by atoms with van der Waals surface area (Å²) in [7, 11) is 1.85.